The lowest BCUT2D eigenvalue weighted by Crippen LogP contribution is -2.56. The summed E-state index contributed by atoms with van der Waals surface area (Å²) in [6, 6.07) is 3.05. The number of hydrogen-bond acceptors (Lipinski definition) is 7. The van der Waals surface area contributed by atoms with Crippen molar-refractivity contribution in [3.63, 3.8) is 0 Å². The van der Waals surface area contributed by atoms with Gasteiger partial charge in [-0.1, -0.05) is 6.07 Å². The molecule has 1 fully saturated rings. The molecule has 0 radical (unpaired) electrons. The Kier molecular flexibility index (Phi) is 6.94. The second-order valence-electron chi connectivity index (χ2n) is 8.13. The van der Waals surface area contributed by atoms with E-state index >= 15 is 0 Å². The van der Waals surface area contributed by atoms with Crippen LogP contribution in [-0.2, 0) is 15.9 Å². The van der Waals surface area contributed by atoms with Crippen LogP contribution in [0.25, 0.3) is 0 Å². The number of aromatic nitrogens is 1. The van der Waals surface area contributed by atoms with Crippen LogP contribution in [0.5, 0.6) is 5.75 Å². The Morgan fingerprint density at radius 1 is 1.24 bits per heavy atom. The molecular weight excluding hydrogens is 452 g/mol. The highest BCUT2D eigenvalue weighted by molar-refractivity contribution is 6.00. The van der Waals surface area contributed by atoms with Gasteiger partial charge in [0.05, 0.1) is 38.0 Å². The minimum atomic E-state index is -0.973. The first-order valence-electron chi connectivity index (χ1n) is 11.0. The lowest BCUT2D eigenvalue weighted by molar-refractivity contribution is -0.0954. The van der Waals surface area contributed by atoms with Gasteiger partial charge in [0.1, 0.15) is 18.3 Å². The highest BCUT2D eigenvalue weighted by Crippen LogP contribution is 2.23. The average molecular weight is 477 g/mol. The fraction of sp³-hybridized carbons (Fsp3) is 0.435. The van der Waals surface area contributed by atoms with E-state index in [2.05, 4.69) is 0 Å². The third-order valence-electron chi connectivity index (χ3n) is 5.90. The maximum Gasteiger partial charge on any atom is 0.277 e. The standard InChI is InChI=1S/C23H25F2N3O6/c1-2-27-13-26(10-16-12-33-7-8-34-16)23(32)20-22(31)21(30)17(11-28(20)27)19(29)6-4-14-3-5-15(24)9-18(14)25/h3,5,9,11,16,31H,2,4,6-8,10,12-13H2,1H3. The number of Topliss-reactive ketones (excluding diaryl/α,β-unsaturated/α-hetero) is 1. The summed E-state index contributed by atoms with van der Waals surface area (Å²) in [5, 5.41) is 12.3. The van der Waals surface area contributed by atoms with Crippen LogP contribution >= 0.6 is 0 Å². The molecule has 1 amide bonds. The van der Waals surface area contributed by atoms with E-state index in [4.69, 9.17) is 9.47 Å². The Morgan fingerprint density at radius 2 is 2.03 bits per heavy atom. The molecule has 0 aliphatic carbocycles. The summed E-state index contributed by atoms with van der Waals surface area (Å²) in [6.45, 7) is 3.83. The summed E-state index contributed by atoms with van der Waals surface area (Å²) < 4.78 is 39.3. The second kappa shape index (κ2) is 9.90. The lowest BCUT2D eigenvalue weighted by Gasteiger charge is -2.40. The summed E-state index contributed by atoms with van der Waals surface area (Å²) in [4.78, 5) is 40.2. The molecule has 11 heteroatoms. The second-order valence-corrected chi connectivity index (χ2v) is 8.13. The smallest absolute Gasteiger partial charge is 0.277 e. The summed E-state index contributed by atoms with van der Waals surface area (Å²) in [5.74, 6) is -3.54. The Bertz CT molecular complexity index is 1160. The van der Waals surface area contributed by atoms with Gasteiger partial charge in [-0.05, 0) is 25.0 Å². The highest BCUT2D eigenvalue weighted by atomic mass is 19.1. The Hall–Kier alpha value is -3.31. The van der Waals surface area contributed by atoms with E-state index in [1.54, 1.807) is 5.01 Å². The van der Waals surface area contributed by atoms with E-state index in [0.29, 0.717) is 26.4 Å². The van der Waals surface area contributed by atoms with Crippen LogP contribution in [0.2, 0.25) is 0 Å². The van der Waals surface area contributed by atoms with Crippen molar-refractivity contribution in [2.75, 3.05) is 44.6 Å². The van der Waals surface area contributed by atoms with Gasteiger partial charge in [0.2, 0.25) is 5.43 Å². The molecule has 2 aromatic rings. The van der Waals surface area contributed by atoms with Gasteiger partial charge in [0.25, 0.3) is 5.91 Å². The molecule has 182 valence electrons. The van der Waals surface area contributed by atoms with Crippen molar-refractivity contribution in [2.45, 2.75) is 25.9 Å². The lowest BCUT2D eigenvalue weighted by atomic mass is 10.0. The molecule has 2 aliphatic heterocycles. The fourth-order valence-corrected chi connectivity index (χ4v) is 4.08. The van der Waals surface area contributed by atoms with E-state index < -0.39 is 34.5 Å². The molecule has 3 heterocycles. The van der Waals surface area contributed by atoms with Gasteiger partial charge in [-0.3, -0.25) is 24.1 Å². The van der Waals surface area contributed by atoms with Crippen LogP contribution in [0, 0.1) is 11.6 Å². The minimum absolute atomic E-state index is 0.0550. The highest BCUT2D eigenvalue weighted by Gasteiger charge is 2.35. The van der Waals surface area contributed by atoms with Crippen LogP contribution in [0.1, 0.15) is 39.8 Å². The fourth-order valence-electron chi connectivity index (χ4n) is 4.08. The predicted molar refractivity (Wildman–Crippen MR) is 117 cm³/mol. The maximum atomic E-state index is 13.9. The van der Waals surface area contributed by atoms with Crippen LogP contribution in [0.3, 0.4) is 0 Å². The molecule has 1 saturated heterocycles. The topological polar surface area (TPSA) is 101 Å². The molecule has 0 saturated carbocycles. The SMILES string of the molecule is CCN1CN(CC2COCCO2)C(=O)c2c(O)c(=O)c(C(=O)CCc3ccc(F)cc3F)cn21. The average Bonchev–Trinajstić information content (AvgIpc) is 2.82. The summed E-state index contributed by atoms with van der Waals surface area (Å²) in [7, 11) is 0. The van der Waals surface area contributed by atoms with Crippen molar-refractivity contribution in [3.8, 4) is 5.75 Å². The van der Waals surface area contributed by atoms with Gasteiger partial charge in [-0.2, -0.15) is 0 Å². The first kappa shape index (κ1) is 23.8. The Balaban J connectivity index is 1.59. The number of fused-ring (bicyclic) bond motifs is 1. The van der Waals surface area contributed by atoms with Gasteiger partial charge in [-0.15, -0.1) is 0 Å². The third-order valence-corrected chi connectivity index (χ3v) is 5.90. The number of ether oxygens (including phenoxy) is 2. The molecule has 1 unspecified atom stereocenters. The molecule has 0 bridgehead atoms. The number of amides is 1. The van der Waals surface area contributed by atoms with Gasteiger partial charge >= 0.3 is 0 Å². The minimum Gasteiger partial charge on any atom is -0.502 e. The molecule has 1 aromatic carbocycles. The van der Waals surface area contributed by atoms with Crippen molar-refractivity contribution in [2.24, 2.45) is 0 Å². The van der Waals surface area contributed by atoms with Gasteiger partial charge in [-0.25, -0.2) is 8.78 Å². The van der Waals surface area contributed by atoms with Crippen LogP contribution in [0.4, 0.5) is 8.78 Å². The van der Waals surface area contributed by atoms with E-state index in [0.717, 1.165) is 12.1 Å². The molecule has 1 atom stereocenters. The summed E-state index contributed by atoms with van der Waals surface area (Å²) >= 11 is 0. The number of hydrogen-bond donors (Lipinski definition) is 1. The van der Waals surface area contributed by atoms with E-state index in [1.807, 2.05) is 6.92 Å². The molecule has 0 spiro atoms. The number of rotatable bonds is 7. The molecular formula is C23H25F2N3O6. The first-order chi connectivity index (χ1) is 16.3. The molecule has 9 nitrogen and oxygen atoms in total. The molecule has 34 heavy (non-hydrogen) atoms. The molecule has 1 aromatic heterocycles. The Labute approximate surface area is 194 Å². The number of ketones is 1. The van der Waals surface area contributed by atoms with Crippen molar-refractivity contribution >= 4 is 11.7 Å². The van der Waals surface area contributed by atoms with Crippen molar-refractivity contribution in [3.05, 3.63) is 63.1 Å². The number of aromatic hydroxyl groups is 1. The summed E-state index contributed by atoms with van der Waals surface area (Å²) in [6.07, 6.45) is 0.617. The van der Waals surface area contributed by atoms with E-state index in [-0.39, 0.29) is 49.0 Å². The van der Waals surface area contributed by atoms with Gasteiger partial charge in [0, 0.05) is 25.2 Å². The largest absolute Gasteiger partial charge is 0.502 e. The van der Waals surface area contributed by atoms with Gasteiger partial charge in [0.15, 0.2) is 17.2 Å². The maximum absolute atomic E-state index is 13.9. The van der Waals surface area contributed by atoms with E-state index in [9.17, 15) is 28.3 Å². The monoisotopic (exact) mass is 477 g/mol. The molecule has 2 aliphatic rings. The number of benzene rings is 1. The predicted octanol–water partition coefficient (Wildman–Crippen LogP) is 1.43. The van der Waals surface area contributed by atoms with Crippen LogP contribution in [-0.4, -0.2) is 72.1 Å². The quantitative estimate of drug-likeness (QED) is 0.602. The summed E-state index contributed by atoms with van der Waals surface area (Å²) in [5.41, 5.74) is -1.39. The number of carbonyl (C=O) groups excluding carboxylic acids is 2. The van der Waals surface area contributed by atoms with Crippen LogP contribution in [0.15, 0.2) is 29.2 Å². The third kappa shape index (κ3) is 4.66. The van der Waals surface area contributed by atoms with Crippen molar-refractivity contribution in [1.29, 1.82) is 0 Å². The number of carbonyl (C=O) groups is 2. The normalized spacial score (nSPS) is 18.2. The van der Waals surface area contributed by atoms with Crippen molar-refractivity contribution in [1.82, 2.24) is 9.58 Å². The zero-order valence-corrected chi connectivity index (χ0v) is 18.6. The van der Waals surface area contributed by atoms with Crippen LogP contribution < -0.4 is 10.4 Å². The molecule has 1 N–H and O–H groups in total. The number of aryl methyl sites for hydroxylation is 1. The Morgan fingerprint density at radius 3 is 2.71 bits per heavy atom. The number of pyridine rings is 1. The van der Waals surface area contributed by atoms with Gasteiger partial charge < -0.3 is 19.5 Å². The number of nitrogens with zero attached hydrogens (tertiary/aromatic N) is 3. The first-order valence-corrected chi connectivity index (χ1v) is 11.0. The van der Waals surface area contributed by atoms with E-state index in [1.165, 1.54) is 21.8 Å². The zero-order valence-electron chi connectivity index (χ0n) is 18.6. The molecule has 4 rings (SSSR count). The zero-order chi connectivity index (χ0) is 24.4. The van der Waals surface area contributed by atoms with Crippen molar-refractivity contribution < 1.29 is 33.0 Å². The number of halogens is 2.